The number of fused-ring (bicyclic) bond motifs is 2. The van der Waals surface area contributed by atoms with Crippen LogP contribution in [0.5, 0.6) is 5.75 Å². The lowest BCUT2D eigenvalue weighted by Crippen LogP contribution is -2.32. The summed E-state index contributed by atoms with van der Waals surface area (Å²) >= 11 is 2.40. The average Bonchev–Trinajstić information content (AvgIpc) is 3.24. The number of H-pyrrole nitrogens is 1. The summed E-state index contributed by atoms with van der Waals surface area (Å²) in [6.45, 7) is 1.89. The van der Waals surface area contributed by atoms with E-state index in [1.54, 1.807) is 13.2 Å². The highest BCUT2D eigenvalue weighted by molar-refractivity contribution is 8.00. The Hall–Kier alpha value is -2.84. The number of nitrogens with zero attached hydrogens (tertiary/aromatic N) is 1. The maximum Gasteiger partial charge on any atom is 0.305 e. The Kier molecular flexibility index (Phi) is 4.56. The van der Waals surface area contributed by atoms with Gasteiger partial charge in [0.05, 0.1) is 23.7 Å². The van der Waals surface area contributed by atoms with E-state index < -0.39 is 11.2 Å². The first-order valence-electron chi connectivity index (χ1n) is 9.46. The Morgan fingerprint density at radius 2 is 1.73 bits per heavy atom. The standard InChI is InChI=1S/C22H18N2O4S2/c1-11-5-3-4-6-14(11)24-20(25)16-15(12-7-9-13(28-2)10-8-12)17-19(23-22(27)30-17)29-18(16)21(24)26/h3-10,15-16,18H,1-2H3,(H,23,27)/t15-,16-,18+/m0/s1. The molecule has 0 saturated carbocycles. The summed E-state index contributed by atoms with van der Waals surface area (Å²) < 4.78 is 5.26. The summed E-state index contributed by atoms with van der Waals surface area (Å²) in [6, 6.07) is 14.9. The molecule has 6 nitrogen and oxygen atoms in total. The lowest BCUT2D eigenvalue weighted by Gasteiger charge is -2.29. The summed E-state index contributed by atoms with van der Waals surface area (Å²) in [6.07, 6.45) is 0. The van der Waals surface area contributed by atoms with Crippen molar-refractivity contribution in [1.29, 1.82) is 0 Å². The Balaban J connectivity index is 1.65. The molecular weight excluding hydrogens is 420 g/mol. The molecule has 0 spiro atoms. The third kappa shape index (κ3) is 2.82. The molecule has 0 aliphatic carbocycles. The zero-order valence-corrected chi connectivity index (χ0v) is 17.9. The number of aromatic amines is 1. The van der Waals surface area contributed by atoms with Crippen LogP contribution in [0.15, 0.2) is 58.4 Å². The van der Waals surface area contributed by atoms with Gasteiger partial charge in [-0.15, -0.1) is 0 Å². The number of imide groups is 1. The topological polar surface area (TPSA) is 79.5 Å². The SMILES string of the molecule is COc1ccc([C@@H]2c3sc(=O)[nH]c3S[C@H]3C(=O)N(c4ccccc4C)C(=O)[C@@H]23)cc1. The van der Waals surface area contributed by atoms with Gasteiger partial charge < -0.3 is 9.72 Å². The zero-order valence-electron chi connectivity index (χ0n) is 16.2. The van der Waals surface area contributed by atoms with Crippen molar-refractivity contribution in [2.45, 2.75) is 23.1 Å². The van der Waals surface area contributed by atoms with Crippen molar-refractivity contribution < 1.29 is 14.3 Å². The Morgan fingerprint density at radius 3 is 2.43 bits per heavy atom. The molecule has 3 heterocycles. The molecule has 5 rings (SSSR count). The quantitative estimate of drug-likeness (QED) is 0.633. The molecule has 1 aromatic heterocycles. The molecule has 3 atom stereocenters. The van der Waals surface area contributed by atoms with Crippen LogP contribution in [-0.4, -0.2) is 29.2 Å². The minimum Gasteiger partial charge on any atom is -0.497 e. The molecule has 0 bridgehead atoms. The molecule has 1 saturated heterocycles. The fourth-order valence-electron chi connectivity index (χ4n) is 4.24. The molecule has 8 heteroatoms. The van der Waals surface area contributed by atoms with Gasteiger partial charge in [-0.05, 0) is 36.2 Å². The number of carbonyl (C=O) groups is 2. The Bertz CT molecular complexity index is 1210. The van der Waals surface area contributed by atoms with Gasteiger partial charge >= 0.3 is 4.87 Å². The first-order chi connectivity index (χ1) is 14.5. The predicted octanol–water partition coefficient (Wildman–Crippen LogP) is 3.55. The van der Waals surface area contributed by atoms with Crippen molar-refractivity contribution in [2.75, 3.05) is 12.0 Å². The number of methoxy groups -OCH3 is 1. The van der Waals surface area contributed by atoms with Crippen LogP contribution in [0.25, 0.3) is 0 Å². The first kappa shape index (κ1) is 19.1. The van der Waals surface area contributed by atoms with Crippen molar-refractivity contribution in [3.8, 4) is 5.75 Å². The number of para-hydroxylation sites is 1. The largest absolute Gasteiger partial charge is 0.497 e. The molecule has 0 radical (unpaired) electrons. The summed E-state index contributed by atoms with van der Waals surface area (Å²) in [5.41, 5.74) is 2.37. The van der Waals surface area contributed by atoms with E-state index in [2.05, 4.69) is 4.98 Å². The predicted molar refractivity (Wildman–Crippen MR) is 117 cm³/mol. The number of aromatic nitrogens is 1. The highest BCUT2D eigenvalue weighted by Gasteiger charge is 2.56. The van der Waals surface area contributed by atoms with Crippen molar-refractivity contribution >= 4 is 40.6 Å². The van der Waals surface area contributed by atoms with E-state index in [0.29, 0.717) is 16.5 Å². The lowest BCUT2D eigenvalue weighted by atomic mass is 9.83. The number of carbonyl (C=O) groups excluding carboxylic acids is 2. The highest BCUT2D eigenvalue weighted by atomic mass is 32.2. The van der Waals surface area contributed by atoms with E-state index in [1.807, 2.05) is 49.4 Å². The molecule has 1 N–H and O–H groups in total. The summed E-state index contributed by atoms with van der Waals surface area (Å²) in [5.74, 6) is -0.695. The second-order valence-electron chi connectivity index (χ2n) is 7.32. The van der Waals surface area contributed by atoms with Crippen LogP contribution < -0.4 is 14.5 Å². The zero-order chi connectivity index (χ0) is 21.0. The van der Waals surface area contributed by atoms with Crippen LogP contribution in [0.1, 0.15) is 21.9 Å². The molecule has 2 aliphatic rings. The molecular formula is C22H18N2O4S2. The van der Waals surface area contributed by atoms with Crippen molar-refractivity contribution in [2.24, 2.45) is 5.92 Å². The Labute approximate surface area is 180 Å². The summed E-state index contributed by atoms with van der Waals surface area (Å²) in [4.78, 5) is 43.9. The number of hydrogen-bond acceptors (Lipinski definition) is 6. The van der Waals surface area contributed by atoms with Gasteiger partial charge in [-0.25, -0.2) is 4.90 Å². The fraction of sp³-hybridized carbons (Fsp3) is 0.227. The van der Waals surface area contributed by atoms with E-state index in [1.165, 1.54) is 16.7 Å². The van der Waals surface area contributed by atoms with E-state index in [9.17, 15) is 14.4 Å². The maximum absolute atomic E-state index is 13.6. The van der Waals surface area contributed by atoms with Crippen LogP contribution in [-0.2, 0) is 9.59 Å². The number of benzene rings is 2. The van der Waals surface area contributed by atoms with E-state index in [4.69, 9.17) is 4.74 Å². The van der Waals surface area contributed by atoms with Gasteiger partial charge in [0, 0.05) is 10.8 Å². The van der Waals surface area contributed by atoms with Crippen LogP contribution in [0.4, 0.5) is 5.69 Å². The molecule has 3 aromatic rings. The number of amides is 2. The van der Waals surface area contributed by atoms with Crippen molar-refractivity contribution in [3.63, 3.8) is 0 Å². The van der Waals surface area contributed by atoms with E-state index in [0.717, 1.165) is 27.3 Å². The van der Waals surface area contributed by atoms with Gasteiger partial charge in [-0.3, -0.25) is 14.4 Å². The first-order valence-corrected chi connectivity index (χ1v) is 11.2. The van der Waals surface area contributed by atoms with Gasteiger partial charge in [0.15, 0.2) is 0 Å². The normalized spacial score (nSPS) is 22.7. The molecule has 1 fully saturated rings. The summed E-state index contributed by atoms with van der Waals surface area (Å²) in [7, 11) is 1.59. The van der Waals surface area contributed by atoms with Crippen molar-refractivity contribution in [3.05, 3.63) is 74.2 Å². The minimum atomic E-state index is -0.582. The second kappa shape index (κ2) is 7.14. The molecule has 2 amide bonds. The fourth-order valence-corrected chi connectivity index (χ4v) is 6.75. The minimum absolute atomic E-state index is 0.179. The number of aryl methyl sites for hydroxylation is 1. The number of nitrogens with one attached hydrogen (secondary N) is 1. The number of anilines is 1. The molecule has 2 aromatic carbocycles. The van der Waals surface area contributed by atoms with Crippen LogP contribution in [0, 0.1) is 12.8 Å². The molecule has 30 heavy (non-hydrogen) atoms. The van der Waals surface area contributed by atoms with Crippen LogP contribution in [0.3, 0.4) is 0 Å². The number of thiazole rings is 1. The number of hydrogen-bond donors (Lipinski definition) is 1. The highest BCUT2D eigenvalue weighted by Crippen LogP contribution is 2.53. The lowest BCUT2D eigenvalue weighted by molar-refractivity contribution is -0.122. The van der Waals surface area contributed by atoms with Crippen molar-refractivity contribution in [1.82, 2.24) is 4.98 Å². The van der Waals surface area contributed by atoms with Gasteiger partial charge in [0.25, 0.3) is 0 Å². The van der Waals surface area contributed by atoms with E-state index >= 15 is 0 Å². The number of ether oxygens (including phenoxy) is 1. The van der Waals surface area contributed by atoms with Crippen LogP contribution in [0.2, 0.25) is 0 Å². The summed E-state index contributed by atoms with van der Waals surface area (Å²) in [5, 5.41) is 0.0989. The second-order valence-corrected chi connectivity index (χ2v) is 9.49. The van der Waals surface area contributed by atoms with Gasteiger partial charge in [-0.1, -0.05) is 53.4 Å². The molecule has 2 aliphatic heterocycles. The number of thioether (sulfide) groups is 1. The van der Waals surface area contributed by atoms with E-state index in [-0.39, 0.29) is 22.6 Å². The molecule has 152 valence electrons. The number of rotatable bonds is 3. The maximum atomic E-state index is 13.6. The third-order valence-corrected chi connectivity index (χ3v) is 8.06. The van der Waals surface area contributed by atoms with Gasteiger partial charge in [-0.2, -0.15) is 0 Å². The van der Waals surface area contributed by atoms with Crippen LogP contribution >= 0.6 is 23.1 Å². The Morgan fingerprint density at radius 1 is 1.00 bits per heavy atom. The molecule has 0 unspecified atom stereocenters. The van der Waals surface area contributed by atoms with Gasteiger partial charge in [0.2, 0.25) is 11.8 Å². The smallest absolute Gasteiger partial charge is 0.305 e. The average molecular weight is 439 g/mol. The van der Waals surface area contributed by atoms with Gasteiger partial charge in [0.1, 0.15) is 11.0 Å². The monoisotopic (exact) mass is 438 g/mol. The third-order valence-electron chi connectivity index (χ3n) is 5.66.